The van der Waals surface area contributed by atoms with Gasteiger partial charge in [0.1, 0.15) is 0 Å². The molecule has 0 aliphatic heterocycles. The van der Waals surface area contributed by atoms with Gasteiger partial charge in [-0.1, -0.05) is 25.1 Å². The van der Waals surface area contributed by atoms with Gasteiger partial charge in [-0.3, -0.25) is 0 Å². The smallest absolute Gasteiger partial charge is 0.0469 e. The maximum Gasteiger partial charge on any atom is 0.0469 e. The molecule has 59 valence electrons. The number of hydrogen-bond acceptors (Lipinski definition) is 1. The summed E-state index contributed by atoms with van der Waals surface area (Å²) < 4.78 is 0. The van der Waals surface area contributed by atoms with Crippen molar-refractivity contribution in [3.8, 4) is 0 Å². The molecule has 1 aromatic carbocycles. The summed E-state index contributed by atoms with van der Waals surface area (Å²) in [7, 11) is 0. The van der Waals surface area contributed by atoms with Gasteiger partial charge < -0.3 is 10.2 Å². The van der Waals surface area contributed by atoms with Crippen molar-refractivity contribution in [1.29, 1.82) is 0 Å². The van der Waals surface area contributed by atoms with Crippen LogP contribution in [0.4, 0.5) is 0 Å². The van der Waals surface area contributed by atoms with Gasteiger partial charge in [0, 0.05) is 25.6 Å². The Morgan fingerprint density at radius 3 is 2.73 bits per heavy atom. The number of aromatic nitrogens is 2. The second-order valence-corrected chi connectivity index (χ2v) is 2.30. The number of fused-ring (bicyclic) bond motifs is 1. The fraction of sp³-hybridized carbons (Fsp3) is 0.125. The molecule has 0 bridgehead atoms. The molecule has 2 nitrogen and oxygen atoms in total. The van der Waals surface area contributed by atoms with Gasteiger partial charge in [0.2, 0.25) is 0 Å². The first-order valence-corrected chi connectivity index (χ1v) is 3.22. The molecule has 3 heteroatoms. The number of nitrogens with zero attached hydrogens (tertiary/aromatic N) is 2. The summed E-state index contributed by atoms with van der Waals surface area (Å²) in [6.45, 7) is 1.97. The zero-order valence-electron chi connectivity index (χ0n) is 6.04. The largest absolute Gasteiger partial charge is 0.578 e. The Labute approximate surface area is 78.4 Å². The molecule has 0 fully saturated rings. The van der Waals surface area contributed by atoms with Crippen LogP contribution in [0.1, 0.15) is 5.69 Å². The van der Waals surface area contributed by atoms with E-state index in [4.69, 9.17) is 0 Å². The average Bonchev–Trinajstić information content (AvgIpc) is 2.34. The van der Waals surface area contributed by atoms with Crippen LogP contribution in [0.2, 0.25) is 0 Å². The molecule has 0 saturated heterocycles. The van der Waals surface area contributed by atoms with Crippen LogP contribution in [0.3, 0.4) is 0 Å². The van der Waals surface area contributed by atoms with Gasteiger partial charge >= 0.3 is 0 Å². The predicted molar refractivity (Wildman–Crippen MR) is 39.8 cm³/mol. The van der Waals surface area contributed by atoms with Crippen molar-refractivity contribution in [1.82, 2.24) is 10.2 Å². The van der Waals surface area contributed by atoms with E-state index in [1.807, 2.05) is 31.2 Å². The first-order valence-electron chi connectivity index (χ1n) is 3.22. The molecule has 2 aromatic rings. The van der Waals surface area contributed by atoms with Crippen molar-refractivity contribution in [2.24, 2.45) is 0 Å². The van der Waals surface area contributed by atoms with Crippen LogP contribution in [-0.2, 0) is 20.1 Å². The molecule has 1 heterocycles. The summed E-state index contributed by atoms with van der Waals surface area (Å²) in [6.07, 6.45) is 0. The van der Waals surface area contributed by atoms with Crippen molar-refractivity contribution in [3.63, 3.8) is 0 Å². The van der Waals surface area contributed by atoms with E-state index in [1.165, 1.54) is 0 Å². The van der Waals surface area contributed by atoms with E-state index < -0.39 is 0 Å². The zero-order chi connectivity index (χ0) is 6.97. The third kappa shape index (κ3) is 1.35. The second-order valence-electron chi connectivity index (χ2n) is 2.30. The van der Waals surface area contributed by atoms with Gasteiger partial charge in [0.05, 0.1) is 0 Å². The number of rotatable bonds is 0. The SMILES string of the molecule is Cc1[n-]nc2ccccc12.[Ir]. The molecule has 0 amide bonds. The van der Waals surface area contributed by atoms with Crippen molar-refractivity contribution in [2.75, 3.05) is 0 Å². The molecule has 0 atom stereocenters. The predicted octanol–water partition coefficient (Wildman–Crippen LogP) is 1.50. The fourth-order valence-electron chi connectivity index (χ4n) is 1.05. The van der Waals surface area contributed by atoms with E-state index in [1.54, 1.807) is 0 Å². The van der Waals surface area contributed by atoms with E-state index in [2.05, 4.69) is 10.2 Å². The molecular formula is C8H7IrN2-. The fourth-order valence-corrected chi connectivity index (χ4v) is 1.05. The van der Waals surface area contributed by atoms with Crippen LogP contribution < -0.4 is 5.10 Å². The van der Waals surface area contributed by atoms with Crippen LogP contribution in [0.5, 0.6) is 0 Å². The van der Waals surface area contributed by atoms with E-state index in [-0.39, 0.29) is 20.1 Å². The third-order valence-electron chi connectivity index (χ3n) is 1.60. The van der Waals surface area contributed by atoms with Gasteiger partial charge in [-0.2, -0.15) is 0 Å². The maximum atomic E-state index is 3.97. The number of benzene rings is 1. The minimum Gasteiger partial charge on any atom is -0.578 e. The first kappa shape index (κ1) is 8.44. The molecule has 0 aliphatic rings. The summed E-state index contributed by atoms with van der Waals surface area (Å²) in [4.78, 5) is 0. The average molecular weight is 323 g/mol. The Hall–Kier alpha value is -0.661. The summed E-state index contributed by atoms with van der Waals surface area (Å²) in [5, 5.41) is 9.07. The van der Waals surface area contributed by atoms with Crippen LogP contribution >= 0.6 is 0 Å². The summed E-state index contributed by atoms with van der Waals surface area (Å²) in [5.41, 5.74) is 2.00. The molecular weight excluding hydrogens is 316 g/mol. The van der Waals surface area contributed by atoms with Crippen molar-refractivity contribution in [2.45, 2.75) is 6.92 Å². The normalized spacial score (nSPS) is 9.55. The van der Waals surface area contributed by atoms with Gasteiger partial charge in [0.15, 0.2) is 0 Å². The standard InChI is InChI=1S/C8H7N2.Ir/c1-6-7-4-2-3-5-8(7)10-9-6;/h2-5H,1H3;/q-1;. The molecule has 1 radical (unpaired) electrons. The van der Waals surface area contributed by atoms with Gasteiger partial charge in [-0.15, -0.1) is 5.69 Å². The molecule has 0 saturated carbocycles. The van der Waals surface area contributed by atoms with Crippen molar-refractivity contribution in [3.05, 3.63) is 30.0 Å². The van der Waals surface area contributed by atoms with Crippen LogP contribution in [0.25, 0.3) is 10.9 Å². The van der Waals surface area contributed by atoms with Gasteiger partial charge in [0.25, 0.3) is 0 Å². The van der Waals surface area contributed by atoms with E-state index in [0.29, 0.717) is 0 Å². The molecule has 0 N–H and O–H groups in total. The first-order chi connectivity index (χ1) is 4.88. The Morgan fingerprint density at radius 1 is 1.27 bits per heavy atom. The van der Waals surface area contributed by atoms with E-state index >= 15 is 0 Å². The minimum atomic E-state index is 0. The summed E-state index contributed by atoms with van der Waals surface area (Å²) >= 11 is 0. The van der Waals surface area contributed by atoms with Crippen molar-refractivity contribution < 1.29 is 20.1 Å². The Kier molecular flexibility index (Phi) is 2.42. The molecule has 11 heavy (non-hydrogen) atoms. The van der Waals surface area contributed by atoms with Gasteiger partial charge in [-0.05, 0) is 11.5 Å². The number of hydrogen-bond donors (Lipinski definition) is 0. The monoisotopic (exact) mass is 324 g/mol. The molecule has 1 aromatic heterocycles. The minimum absolute atomic E-state index is 0. The zero-order valence-corrected chi connectivity index (χ0v) is 8.43. The van der Waals surface area contributed by atoms with E-state index in [9.17, 15) is 0 Å². The summed E-state index contributed by atoms with van der Waals surface area (Å²) in [5.74, 6) is 0. The third-order valence-corrected chi connectivity index (χ3v) is 1.60. The number of aryl methyl sites for hydroxylation is 1. The molecule has 2 rings (SSSR count). The second kappa shape index (κ2) is 3.16. The molecule has 0 unspecified atom stereocenters. The van der Waals surface area contributed by atoms with Gasteiger partial charge in [-0.25, -0.2) is 0 Å². The maximum absolute atomic E-state index is 3.97. The summed E-state index contributed by atoms with van der Waals surface area (Å²) in [6, 6.07) is 7.97. The van der Waals surface area contributed by atoms with E-state index in [0.717, 1.165) is 16.6 Å². The van der Waals surface area contributed by atoms with Crippen molar-refractivity contribution >= 4 is 10.9 Å². The quantitative estimate of drug-likeness (QED) is 0.735. The van der Waals surface area contributed by atoms with Crippen LogP contribution in [0.15, 0.2) is 24.3 Å². The van der Waals surface area contributed by atoms with Crippen LogP contribution in [0, 0.1) is 6.92 Å². The topological polar surface area (TPSA) is 27.0 Å². The van der Waals surface area contributed by atoms with Crippen LogP contribution in [-0.4, -0.2) is 5.10 Å². The Balaban J connectivity index is 0.000000605. The molecule has 0 spiro atoms. The Morgan fingerprint density at radius 2 is 2.00 bits per heavy atom. The molecule has 0 aliphatic carbocycles. The Bertz CT molecular complexity index is 354.